The van der Waals surface area contributed by atoms with E-state index in [-0.39, 0.29) is 18.5 Å². The molecule has 0 aliphatic rings. The molecule has 0 radical (unpaired) electrons. The Bertz CT molecular complexity index is 193. The highest BCUT2D eigenvalue weighted by Gasteiger charge is 2.00. The van der Waals surface area contributed by atoms with Gasteiger partial charge in [0.25, 0.3) is 0 Å². The van der Waals surface area contributed by atoms with Gasteiger partial charge in [-0.25, -0.2) is 4.79 Å². The molecule has 0 heterocycles. The van der Waals surface area contributed by atoms with Crippen molar-refractivity contribution < 1.29 is 9.90 Å². The lowest BCUT2D eigenvalue weighted by molar-refractivity contribution is -0.132. The summed E-state index contributed by atoms with van der Waals surface area (Å²) >= 11 is 0. The van der Waals surface area contributed by atoms with Crippen molar-refractivity contribution in [3.8, 4) is 0 Å². The highest BCUT2D eigenvalue weighted by Crippen LogP contribution is 1.96. The van der Waals surface area contributed by atoms with E-state index in [4.69, 9.17) is 10.6 Å². The maximum Gasteiger partial charge on any atom is 0.330 e. The maximum atomic E-state index is 10.1. The fourth-order valence-corrected chi connectivity index (χ4v) is 0.337. The second kappa shape index (κ2) is 4.40. The monoisotopic (exact) mass is 141 g/mol. The highest BCUT2D eigenvalue weighted by atomic mass is 16.4. The van der Waals surface area contributed by atoms with Crippen LogP contribution in [0.25, 0.3) is 10.4 Å². The van der Waals surface area contributed by atoms with Gasteiger partial charge in [0.1, 0.15) is 0 Å². The Hall–Kier alpha value is -1.48. The number of hydrogen-bond acceptors (Lipinski definition) is 2. The summed E-state index contributed by atoms with van der Waals surface area (Å²) in [5.74, 6) is -1.05. The topological polar surface area (TPSA) is 86.1 Å². The molecule has 0 unspecified atom stereocenters. The third kappa shape index (κ3) is 3.51. The summed E-state index contributed by atoms with van der Waals surface area (Å²) in [5, 5.41) is 11.4. The SMILES string of the molecule is C=C(CCN=[N+]=[N-])C(=O)O. The van der Waals surface area contributed by atoms with Crippen molar-refractivity contribution in [3.05, 3.63) is 22.6 Å². The van der Waals surface area contributed by atoms with Gasteiger partial charge in [-0.1, -0.05) is 11.7 Å². The smallest absolute Gasteiger partial charge is 0.330 e. The van der Waals surface area contributed by atoms with Gasteiger partial charge in [0.2, 0.25) is 0 Å². The van der Waals surface area contributed by atoms with Crippen LogP contribution in [0.5, 0.6) is 0 Å². The number of carboxylic acid groups (broad SMARTS) is 1. The van der Waals surface area contributed by atoms with Crippen molar-refractivity contribution >= 4 is 5.97 Å². The van der Waals surface area contributed by atoms with Gasteiger partial charge in [-0.3, -0.25) is 0 Å². The second-order valence-corrected chi connectivity index (χ2v) is 1.61. The Morgan fingerprint density at radius 1 is 1.80 bits per heavy atom. The molecule has 0 amide bonds. The summed E-state index contributed by atoms with van der Waals surface area (Å²) < 4.78 is 0. The lowest BCUT2D eigenvalue weighted by Gasteiger charge is -1.92. The zero-order valence-corrected chi connectivity index (χ0v) is 5.32. The first kappa shape index (κ1) is 8.52. The molecular weight excluding hydrogens is 134 g/mol. The first-order valence-electron chi connectivity index (χ1n) is 2.60. The predicted octanol–water partition coefficient (Wildman–Crippen LogP) is 1.33. The average Bonchev–Trinajstić information content (AvgIpc) is 1.88. The molecule has 0 aliphatic heterocycles. The van der Waals surface area contributed by atoms with Crippen LogP contribution in [-0.2, 0) is 4.79 Å². The minimum atomic E-state index is -1.05. The van der Waals surface area contributed by atoms with Gasteiger partial charge >= 0.3 is 5.97 Å². The van der Waals surface area contributed by atoms with E-state index >= 15 is 0 Å². The molecule has 0 saturated heterocycles. The van der Waals surface area contributed by atoms with Crippen molar-refractivity contribution in [1.29, 1.82) is 0 Å². The van der Waals surface area contributed by atoms with Crippen LogP contribution in [0.3, 0.4) is 0 Å². The highest BCUT2D eigenvalue weighted by molar-refractivity contribution is 5.85. The van der Waals surface area contributed by atoms with Gasteiger partial charge in [-0.05, 0) is 12.0 Å². The van der Waals surface area contributed by atoms with Crippen LogP contribution in [-0.4, -0.2) is 17.6 Å². The van der Waals surface area contributed by atoms with Gasteiger partial charge in [0, 0.05) is 17.0 Å². The summed E-state index contributed by atoms with van der Waals surface area (Å²) in [4.78, 5) is 12.5. The van der Waals surface area contributed by atoms with E-state index in [1.54, 1.807) is 0 Å². The third-order valence-corrected chi connectivity index (χ3v) is 0.879. The first-order valence-corrected chi connectivity index (χ1v) is 2.60. The van der Waals surface area contributed by atoms with Crippen molar-refractivity contribution in [2.75, 3.05) is 6.54 Å². The van der Waals surface area contributed by atoms with Crippen molar-refractivity contribution in [2.45, 2.75) is 6.42 Å². The summed E-state index contributed by atoms with van der Waals surface area (Å²) in [6, 6.07) is 0. The van der Waals surface area contributed by atoms with Crippen LogP contribution < -0.4 is 0 Å². The van der Waals surface area contributed by atoms with E-state index in [9.17, 15) is 4.79 Å². The molecule has 0 aromatic heterocycles. The molecule has 1 N–H and O–H groups in total. The standard InChI is InChI=1S/C5H7N3O2/c1-4(5(9)10)2-3-7-8-6/h1-3H2,(H,9,10). The molecule has 0 aromatic carbocycles. The minimum absolute atomic E-state index is 0.0624. The van der Waals surface area contributed by atoms with Gasteiger partial charge in [0.05, 0.1) is 0 Å². The van der Waals surface area contributed by atoms with Gasteiger partial charge in [-0.15, -0.1) is 0 Å². The Morgan fingerprint density at radius 3 is 2.80 bits per heavy atom. The molecule has 5 heteroatoms. The molecule has 0 saturated carbocycles. The lowest BCUT2D eigenvalue weighted by Crippen LogP contribution is -1.99. The minimum Gasteiger partial charge on any atom is -0.478 e. The van der Waals surface area contributed by atoms with Crippen LogP contribution in [0.4, 0.5) is 0 Å². The van der Waals surface area contributed by atoms with Crippen LogP contribution in [0.2, 0.25) is 0 Å². The molecule has 0 aliphatic carbocycles. The molecule has 10 heavy (non-hydrogen) atoms. The van der Waals surface area contributed by atoms with E-state index in [1.165, 1.54) is 0 Å². The van der Waals surface area contributed by atoms with Crippen LogP contribution in [0, 0.1) is 0 Å². The first-order chi connectivity index (χ1) is 4.68. The van der Waals surface area contributed by atoms with Gasteiger partial charge in [-0.2, -0.15) is 0 Å². The van der Waals surface area contributed by atoms with E-state index in [0.717, 1.165) is 0 Å². The number of carboxylic acids is 1. The summed E-state index contributed by atoms with van der Waals surface area (Å²) in [5.41, 5.74) is 7.86. The largest absolute Gasteiger partial charge is 0.478 e. The molecule has 0 fully saturated rings. The summed E-state index contributed by atoms with van der Waals surface area (Å²) in [7, 11) is 0. The molecule has 54 valence electrons. The zero-order valence-electron chi connectivity index (χ0n) is 5.32. The van der Waals surface area contributed by atoms with E-state index in [1.807, 2.05) is 0 Å². The fraction of sp³-hybridized carbons (Fsp3) is 0.400. The molecule has 0 spiro atoms. The Kier molecular flexibility index (Phi) is 3.75. The predicted molar refractivity (Wildman–Crippen MR) is 35.4 cm³/mol. The number of carbonyl (C=O) groups is 1. The fourth-order valence-electron chi connectivity index (χ4n) is 0.337. The zero-order chi connectivity index (χ0) is 7.98. The van der Waals surface area contributed by atoms with E-state index < -0.39 is 5.97 Å². The van der Waals surface area contributed by atoms with Gasteiger partial charge < -0.3 is 5.11 Å². The Labute approximate surface area is 57.6 Å². The molecule has 0 atom stereocenters. The maximum absolute atomic E-state index is 10.1. The summed E-state index contributed by atoms with van der Waals surface area (Å²) in [6.07, 6.45) is 0.208. The van der Waals surface area contributed by atoms with Crippen LogP contribution in [0.1, 0.15) is 6.42 Å². The van der Waals surface area contributed by atoms with Crippen LogP contribution in [0.15, 0.2) is 17.3 Å². The molecule has 0 aromatic rings. The van der Waals surface area contributed by atoms with Gasteiger partial charge in [0.15, 0.2) is 0 Å². The average molecular weight is 141 g/mol. The second-order valence-electron chi connectivity index (χ2n) is 1.61. The number of aliphatic carboxylic acids is 1. The van der Waals surface area contributed by atoms with E-state index in [2.05, 4.69) is 16.6 Å². The van der Waals surface area contributed by atoms with Crippen LogP contribution >= 0.6 is 0 Å². The van der Waals surface area contributed by atoms with Crippen molar-refractivity contribution in [2.24, 2.45) is 5.11 Å². The molecule has 5 nitrogen and oxygen atoms in total. The summed E-state index contributed by atoms with van der Waals surface area (Å²) in [6.45, 7) is 3.40. The Balaban J connectivity index is 3.60. The number of nitrogens with zero attached hydrogens (tertiary/aromatic N) is 3. The number of rotatable bonds is 4. The third-order valence-electron chi connectivity index (χ3n) is 0.879. The number of hydrogen-bond donors (Lipinski definition) is 1. The normalized spacial score (nSPS) is 8.00. The van der Waals surface area contributed by atoms with Crippen molar-refractivity contribution in [3.63, 3.8) is 0 Å². The van der Waals surface area contributed by atoms with Crippen molar-refractivity contribution in [1.82, 2.24) is 0 Å². The Morgan fingerprint density at radius 2 is 2.40 bits per heavy atom. The quantitative estimate of drug-likeness (QED) is 0.277. The molecule has 0 rings (SSSR count). The number of azide groups is 1. The van der Waals surface area contributed by atoms with E-state index in [0.29, 0.717) is 0 Å². The molecule has 0 bridgehead atoms. The lowest BCUT2D eigenvalue weighted by atomic mass is 10.2. The molecular formula is C5H7N3O2.